The van der Waals surface area contributed by atoms with E-state index in [-0.39, 0.29) is 0 Å². The van der Waals surface area contributed by atoms with Crippen LogP contribution in [0.15, 0.2) is 59.0 Å². The van der Waals surface area contributed by atoms with Gasteiger partial charge in [0.15, 0.2) is 5.82 Å². The topological polar surface area (TPSA) is 37.3 Å². The number of anilines is 1. The number of hydrogen-bond acceptors (Lipinski definition) is 4. The van der Waals surface area contributed by atoms with Gasteiger partial charge in [0.05, 0.1) is 5.71 Å². The number of aryl methyl sites for hydroxylation is 2. The number of hydrogen-bond donors (Lipinski definition) is 1. The molecule has 4 heteroatoms. The van der Waals surface area contributed by atoms with Crippen LogP contribution in [0.4, 0.5) is 5.82 Å². The first kappa shape index (κ1) is 15.1. The maximum absolute atomic E-state index is 4.67. The van der Waals surface area contributed by atoms with Gasteiger partial charge < -0.3 is 0 Å². The largest absolute Gasteiger partial charge is 0.260 e. The van der Waals surface area contributed by atoms with E-state index in [0.29, 0.717) is 0 Å². The van der Waals surface area contributed by atoms with E-state index in [0.717, 1.165) is 22.1 Å². The van der Waals surface area contributed by atoms with Gasteiger partial charge in [-0.1, -0.05) is 42.5 Å². The van der Waals surface area contributed by atoms with Crippen LogP contribution in [0, 0.1) is 0 Å². The lowest BCUT2D eigenvalue weighted by Crippen LogP contribution is -1.99. The fourth-order valence-corrected chi connectivity index (χ4v) is 3.79. The van der Waals surface area contributed by atoms with E-state index in [1.54, 1.807) is 11.3 Å². The van der Waals surface area contributed by atoms with Crippen molar-refractivity contribution >= 4 is 22.9 Å². The Labute approximate surface area is 146 Å². The number of nitrogens with one attached hydrogen (secondary N) is 1. The maximum atomic E-state index is 4.67. The summed E-state index contributed by atoms with van der Waals surface area (Å²) in [5.74, 6) is 0.797. The van der Waals surface area contributed by atoms with Crippen LogP contribution < -0.4 is 5.43 Å². The quantitative estimate of drug-likeness (QED) is 0.530. The number of benzene rings is 2. The number of aromatic nitrogens is 1. The first-order valence-electron chi connectivity index (χ1n) is 8.23. The van der Waals surface area contributed by atoms with Crippen LogP contribution >= 0.6 is 11.3 Å². The zero-order valence-corrected chi connectivity index (χ0v) is 14.4. The molecule has 4 rings (SSSR count). The predicted molar refractivity (Wildman–Crippen MR) is 102 cm³/mol. The van der Waals surface area contributed by atoms with E-state index in [1.165, 1.54) is 36.0 Å². The number of rotatable bonds is 4. The molecule has 0 saturated carbocycles. The third-order valence-electron chi connectivity index (χ3n) is 4.38. The van der Waals surface area contributed by atoms with Crippen molar-refractivity contribution < 1.29 is 0 Å². The molecule has 24 heavy (non-hydrogen) atoms. The molecule has 1 aromatic heterocycles. The Kier molecular flexibility index (Phi) is 4.13. The first-order valence-corrected chi connectivity index (χ1v) is 9.11. The van der Waals surface area contributed by atoms with E-state index in [4.69, 9.17) is 0 Å². The molecule has 0 radical (unpaired) electrons. The summed E-state index contributed by atoms with van der Waals surface area (Å²) in [6.07, 6.45) is 3.69. The minimum atomic E-state index is 0.797. The Morgan fingerprint density at radius 1 is 1.08 bits per heavy atom. The summed E-state index contributed by atoms with van der Waals surface area (Å²) in [6.45, 7) is 2.00. The Morgan fingerprint density at radius 3 is 2.79 bits per heavy atom. The highest BCUT2D eigenvalue weighted by atomic mass is 32.1. The second-order valence-corrected chi connectivity index (χ2v) is 6.91. The number of fused-ring (bicyclic) bond motifs is 1. The fraction of sp³-hybridized carbons (Fsp3) is 0.200. The van der Waals surface area contributed by atoms with Crippen LogP contribution in [-0.2, 0) is 12.8 Å². The fourth-order valence-electron chi connectivity index (χ4n) is 3.05. The van der Waals surface area contributed by atoms with E-state index in [9.17, 15) is 0 Å². The third kappa shape index (κ3) is 3.10. The second-order valence-electron chi connectivity index (χ2n) is 6.05. The molecule has 0 aliphatic heterocycles. The van der Waals surface area contributed by atoms with E-state index in [1.807, 2.05) is 30.5 Å². The maximum Gasteiger partial charge on any atom is 0.157 e. The molecule has 2 aromatic carbocycles. The molecular weight excluding hydrogens is 314 g/mol. The van der Waals surface area contributed by atoms with E-state index < -0.39 is 0 Å². The van der Waals surface area contributed by atoms with Gasteiger partial charge in [-0.3, -0.25) is 5.43 Å². The molecule has 1 N–H and O–H groups in total. The van der Waals surface area contributed by atoms with Crippen molar-refractivity contribution in [1.82, 2.24) is 4.98 Å². The SMILES string of the molecule is C/C(=N\Nc1csc(-c2ccc3c(c2)CCC3)n1)c1ccccc1. The van der Waals surface area contributed by atoms with Gasteiger partial charge in [-0.05, 0) is 48.9 Å². The monoisotopic (exact) mass is 333 g/mol. The smallest absolute Gasteiger partial charge is 0.157 e. The standard InChI is InChI=1S/C20H19N3S/c1-14(15-6-3-2-4-7-15)22-23-19-13-24-20(21-19)18-11-10-16-8-5-9-17(16)12-18/h2-4,6-7,10-13,23H,5,8-9H2,1H3/b22-14+. The summed E-state index contributed by atoms with van der Waals surface area (Å²) < 4.78 is 0. The summed E-state index contributed by atoms with van der Waals surface area (Å²) in [4.78, 5) is 4.67. The summed E-state index contributed by atoms with van der Waals surface area (Å²) >= 11 is 1.65. The van der Waals surface area contributed by atoms with Crippen molar-refractivity contribution in [2.75, 3.05) is 5.43 Å². The molecule has 0 unspecified atom stereocenters. The van der Waals surface area contributed by atoms with Gasteiger partial charge in [0, 0.05) is 10.9 Å². The summed E-state index contributed by atoms with van der Waals surface area (Å²) in [7, 11) is 0. The number of nitrogens with zero attached hydrogens (tertiary/aromatic N) is 2. The lowest BCUT2D eigenvalue weighted by molar-refractivity contribution is 0.912. The van der Waals surface area contributed by atoms with Gasteiger partial charge in [-0.2, -0.15) is 5.10 Å². The van der Waals surface area contributed by atoms with Crippen LogP contribution in [0.25, 0.3) is 10.6 Å². The van der Waals surface area contributed by atoms with Crippen LogP contribution in [-0.4, -0.2) is 10.7 Å². The van der Waals surface area contributed by atoms with Crippen LogP contribution in [0.5, 0.6) is 0 Å². The Balaban J connectivity index is 1.51. The van der Waals surface area contributed by atoms with Crippen molar-refractivity contribution in [1.29, 1.82) is 0 Å². The number of thiazole rings is 1. The predicted octanol–water partition coefficient (Wildman–Crippen LogP) is 5.13. The molecule has 1 heterocycles. The molecule has 0 amide bonds. The average Bonchev–Trinajstić information content (AvgIpc) is 3.29. The highest BCUT2D eigenvalue weighted by molar-refractivity contribution is 7.13. The van der Waals surface area contributed by atoms with Crippen molar-refractivity contribution in [3.63, 3.8) is 0 Å². The Bertz CT molecular complexity index is 881. The summed E-state index contributed by atoms with van der Waals surface area (Å²) in [5.41, 5.74) is 9.31. The molecule has 0 bridgehead atoms. The van der Waals surface area contributed by atoms with Gasteiger partial charge in [0.25, 0.3) is 0 Å². The minimum absolute atomic E-state index is 0.797. The molecule has 3 nitrogen and oxygen atoms in total. The molecule has 0 atom stereocenters. The van der Waals surface area contributed by atoms with Crippen molar-refractivity contribution in [2.45, 2.75) is 26.2 Å². The highest BCUT2D eigenvalue weighted by Crippen LogP contribution is 2.30. The summed E-state index contributed by atoms with van der Waals surface area (Å²) in [5, 5.41) is 7.50. The third-order valence-corrected chi connectivity index (χ3v) is 5.27. The zero-order valence-electron chi connectivity index (χ0n) is 13.6. The van der Waals surface area contributed by atoms with E-state index in [2.05, 4.69) is 45.8 Å². The van der Waals surface area contributed by atoms with Crippen molar-refractivity contribution in [2.24, 2.45) is 5.10 Å². The second kappa shape index (κ2) is 6.57. The van der Waals surface area contributed by atoms with Crippen LogP contribution in [0.3, 0.4) is 0 Å². The average molecular weight is 333 g/mol. The first-order chi connectivity index (χ1) is 11.8. The van der Waals surface area contributed by atoms with Gasteiger partial charge in [-0.25, -0.2) is 4.98 Å². The van der Waals surface area contributed by atoms with Crippen molar-refractivity contribution in [3.05, 3.63) is 70.6 Å². The van der Waals surface area contributed by atoms with Gasteiger partial charge >= 0.3 is 0 Å². The number of hydrazone groups is 1. The molecule has 1 aliphatic carbocycles. The van der Waals surface area contributed by atoms with Gasteiger partial charge in [0.2, 0.25) is 0 Å². The Hall–Kier alpha value is -2.46. The van der Waals surface area contributed by atoms with Crippen LogP contribution in [0.1, 0.15) is 30.0 Å². The minimum Gasteiger partial charge on any atom is -0.260 e. The highest BCUT2D eigenvalue weighted by Gasteiger charge is 2.13. The summed E-state index contributed by atoms with van der Waals surface area (Å²) in [6, 6.07) is 16.9. The molecule has 120 valence electrons. The zero-order chi connectivity index (χ0) is 16.4. The van der Waals surface area contributed by atoms with Crippen molar-refractivity contribution in [3.8, 4) is 10.6 Å². The van der Waals surface area contributed by atoms with Gasteiger partial charge in [0.1, 0.15) is 5.01 Å². The molecule has 0 spiro atoms. The molecular formula is C20H19N3S. The van der Waals surface area contributed by atoms with E-state index >= 15 is 0 Å². The van der Waals surface area contributed by atoms with Crippen LogP contribution in [0.2, 0.25) is 0 Å². The Morgan fingerprint density at radius 2 is 1.92 bits per heavy atom. The normalized spacial score (nSPS) is 13.8. The molecule has 0 saturated heterocycles. The van der Waals surface area contributed by atoms with Gasteiger partial charge in [-0.15, -0.1) is 11.3 Å². The molecule has 1 aliphatic rings. The molecule has 0 fully saturated rings. The lowest BCUT2D eigenvalue weighted by Gasteiger charge is -2.02. The molecule has 3 aromatic rings. The lowest BCUT2D eigenvalue weighted by atomic mass is 10.1.